The Bertz CT molecular complexity index is 814. The fourth-order valence-electron chi connectivity index (χ4n) is 3.56. The number of nitrogens with zero attached hydrogens (tertiary/aromatic N) is 4. The summed E-state index contributed by atoms with van der Waals surface area (Å²) in [6.07, 6.45) is 2.06. The van der Waals surface area contributed by atoms with Crippen molar-refractivity contribution < 1.29 is 17.6 Å². The molecule has 1 aromatic heterocycles. The van der Waals surface area contributed by atoms with Gasteiger partial charge in [0.05, 0.1) is 24.7 Å². The number of likely N-dealkylation sites (tertiary alicyclic amines) is 1. The Morgan fingerprint density at radius 1 is 1.42 bits per heavy atom. The molecule has 0 N–H and O–H groups in total. The van der Waals surface area contributed by atoms with Crippen LogP contribution >= 0.6 is 12.2 Å². The van der Waals surface area contributed by atoms with E-state index in [2.05, 4.69) is 23.8 Å². The summed E-state index contributed by atoms with van der Waals surface area (Å²) >= 11 is 5.28. The first kappa shape index (κ1) is 19.5. The number of hydrogen-bond acceptors (Lipinski definition) is 7. The topological polar surface area (TPSA) is 88.7 Å². The van der Waals surface area contributed by atoms with Crippen LogP contribution in [-0.2, 0) is 27.8 Å². The van der Waals surface area contributed by atoms with Crippen LogP contribution in [0.3, 0.4) is 0 Å². The van der Waals surface area contributed by atoms with Gasteiger partial charge in [-0.2, -0.15) is 0 Å². The molecule has 3 rings (SSSR count). The quantitative estimate of drug-likeness (QED) is 0.638. The standard InChI is InChI=1S/C16H26N4O4S2/c1-12(2)8-19(13-5-7-26(22,23)10-13)11-20-16(25)24-14(17-20)9-18-6-3-4-15(18)21/h12-13H,3-11H2,1-2H3/t13-/m1/s1. The van der Waals surface area contributed by atoms with Gasteiger partial charge in [0.15, 0.2) is 9.84 Å². The van der Waals surface area contributed by atoms with Gasteiger partial charge in [0, 0.05) is 25.6 Å². The van der Waals surface area contributed by atoms with Gasteiger partial charge in [0.25, 0.3) is 4.84 Å². The average Bonchev–Trinajstić information content (AvgIpc) is 3.20. The summed E-state index contributed by atoms with van der Waals surface area (Å²) in [5.41, 5.74) is 0. The second-order valence-corrected chi connectivity index (χ2v) is 10.1. The molecule has 0 aromatic carbocycles. The Kier molecular flexibility index (Phi) is 5.83. The second kappa shape index (κ2) is 7.77. The predicted octanol–water partition coefficient (Wildman–Crippen LogP) is 1.43. The fourth-order valence-corrected chi connectivity index (χ4v) is 5.52. The van der Waals surface area contributed by atoms with Crippen LogP contribution in [0.4, 0.5) is 0 Å². The average molecular weight is 403 g/mol. The van der Waals surface area contributed by atoms with E-state index in [0.29, 0.717) is 44.4 Å². The highest BCUT2D eigenvalue weighted by molar-refractivity contribution is 7.91. The van der Waals surface area contributed by atoms with Crippen molar-refractivity contribution in [3.63, 3.8) is 0 Å². The van der Waals surface area contributed by atoms with Gasteiger partial charge in [-0.3, -0.25) is 9.69 Å². The van der Waals surface area contributed by atoms with Gasteiger partial charge in [-0.15, -0.1) is 5.10 Å². The highest BCUT2D eigenvalue weighted by atomic mass is 32.2. The van der Waals surface area contributed by atoms with E-state index in [-0.39, 0.29) is 28.3 Å². The molecule has 26 heavy (non-hydrogen) atoms. The molecular formula is C16H26N4O4S2. The van der Waals surface area contributed by atoms with Crippen molar-refractivity contribution in [3.05, 3.63) is 10.7 Å². The van der Waals surface area contributed by atoms with Crippen molar-refractivity contribution in [1.82, 2.24) is 19.6 Å². The largest absolute Gasteiger partial charge is 0.412 e. The summed E-state index contributed by atoms with van der Waals surface area (Å²) in [5, 5.41) is 4.42. The number of rotatable bonds is 7. The summed E-state index contributed by atoms with van der Waals surface area (Å²) in [7, 11) is -2.96. The molecular weight excluding hydrogens is 376 g/mol. The molecule has 0 aliphatic carbocycles. The third kappa shape index (κ3) is 4.72. The first-order valence-electron chi connectivity index (χ1n) is 9.02. The zero-order valence-corrected chi connectivity index (χ0v) is 16.9. The van der Waals surface area contributed by atoms with Gasteiger partial charge in [0.1, 0.15) is 0 Å². The van der Waals surface area contributed by atoms with E-state index in [1.165, 1.54) is 0 Å². The Labute approximate surface area is 159 Å². The van der Waals surface area contributed by atoms with Crippen molar-refractivity contribution in [2.24, 2.45) is 5.92 Å². The van der Waals surface area contributed by atoms with E-state index in [9.17, 15) is 13.2 Å². The van der Waals surface area contributed by atoms with Gasteiger partial charge in [-0.05, 0) is 31.0 Å². The molecule has 0 radical (unpaired) electrons. The number of sulfone groups is 1. The minimum atomic E-state index is -2.96. The predicted molar refractivity (Wildman–Crippen MR) is 98.6 cm³/mol. The molecule has 2 saturated heterocycles. The van der Waals surface area contributed by atoms with Crippen LogP contribution in [0, 0.1) is 10.8 Å². The van der Waals surface area contributed by atoms with Crippen LogP contribution in [0.5, 0.6) is 0 Å². The molecule has 2 aliphatic heterocycles. The maximum atomic E-state index is 11.9. The Balaban J connectivity index is 1.72. The first-order valence-corrected chi connectivity index (χ1v) is 11.3. The van der Waals surface area contributed by atoms with E-state index in [1.54, 1.807) is 9.58 Å². The zero-order valence-electron chi connectivity index (χ0n) is 15.3. The van der Waals surface area contributed by atoms with E-state index in [1.807, 2.05) is 0 Å². The molecule has 0 bridgehead atoms. The van der Waals surface area contributed by atoms with Crippen LogP contribution in [0.15, 0.2) is 4.42 Å². The van der Waals surface area contributed by atoms with Gasteiger partial charge >= 0.3 is 0 Å². The molecule has 1 amide bonds. The van der Waals surface area contributed by atoms with Gasteiger partial charge in [-0.1, -0.05) is 13.8 Å². The Morgan fingerprint density at radius 2 is 2.19 bits per heavy atom. The van der Waals surface area contributed by atoms with Gasteiger partial charge in [-0.25, -0.2) is 13.1 Å². The van der Waals surface area contributed by atoms with Crippen molar-refractivity contribution in [1.29, 1.82) is 0 Å². The van der Waals surface area contributed by atoms with E-state index < -0.39 is 9.84 Å². The highest BCUT2D eigenvalue weighted by Crippen LogP contribution is 2.20. The summed E-state index contributed by atoms with van der Waals surface area (Å²) in [6.45, 7) is 6.40. The fraction of sp³-hybridized carbons (Fsp3) is 0.812. The lowest BCUT2D eigenvalue weighted by atomic mass is 10.1. The zero-order chi connectivity index (χ0) is 18.9. The second-order valence-electron chi connectivity index (χ2n) is 7.54. The Morgan fingerprint density at radius 3 is 2.77 bits per heavy atom. The smallest absolute Gasteiger partial charge is 0.288 e. The lowest BCUT2D eigenvalue weighted by Gasteiger charge is -2.29. The molecule has 2 aliphatic rings. The lowest BCUT2D eigenvalue weighted by molar-refractivity contribution is -0.128. The number of amides is 1. The molecule has 10 heteroatoms. The van der Waals surface area contributed by atoms with Crippen LogP contribution in [0.25, 0.3) is 0 Å². The molecule has 1 atom stereocenters. The minimum Gasteiger partial charge on any atom is -0.412 e. The van der Waals surface area contributed by atoms with Crippen molar-refractivity contribution in [3.8, 4) is 0 Å². The molecule has 146 valence electrons. The normalized spacial score (nSPS) is 22.8. The van der Waals surface area contributed by atoms with Crippen LogP contribution in [-0.4, -0.2) is 64.5 Å². The molecule has 0 spiro atoms. The Hall–Kier alpha value is -1.26. The van der Waals surface area contributed by atoms with Crippen LogP contribution in [0.1, 0.15) is 39.0 Å². The van der Waals surface area contributed by atoms with Crippen molar-refractivity contribution in [2.75, 3.05) is 24.6 Å². The molecule has 3 heterocycles. The van der Waals surface area contributed by atoms with Crippen molar-refractivity contribution >= 4 is 28.0 Å². The SMILES string of the molecule is CC(C)CN(Cn1nc(CN2CCCC2=O)oc1=S)[C@@H]1CCS(=O)(=O)C1. The highest BCUT2D eigenvalue weighted by Gasteiger charge is 2.33. The molecule has 1 aromatic rings. The lowest BCUT2D eigenvalue weighted by Crippen LogP contribution is -2.40. The van der Waals surface area contributed by atoms with E-state index in [0.717, 1.165) is 13.0 Å². The first-order chi connectivity index (χ1) is 12.2. The number of aromatic nitrogens is 2. The number of carbonyl (C=O) groups excluding carboxylic acids is 1. The van der Waals surface area contributed by atoms with E-state index in [4.69, 9.17) is 16.6 Å². The summed E-state index contributed by atoms with van der Waals surface area (Å²) < 4.78 is 30.9. The summed E-state index contributed by atoms with van der Waals surface area (Å²) in [6, 6.07) is -0.0235. The number of hydrogen-bond donors (Lipinski definition) is 0. The molecule has 8 nitrogen and oxygen atoms in total. The van der Waals surface area contributed by atoms with Gasteiger partial charge in [0.2, 0.25) is 11.8 Å². The monoisotopic (exact) mass is 402 g/mol. The molecule has 2 fully saturated rings. The molecule has 0 saturated carbocycles. The summed E-state index contributed by atoms with van der Waals surface area (Å²) in [4.78, 5) is 15.9. The summed E-state index contributed by atoms with van der Waals surface area (Å²) in [5.74, 6) is 1.34. The van der Waals surface area contributed by atoms with Crippen molar-refractivity contribution in [2.45, 2.75) is 52.4 Å². The maximum Gasteiger partial charge on any atom is 0.288 e. The molecule has 0 unspecified atom stereocenters. The number of carbonyl (C=O) groups is 1. The van der Waals surface area contributed by atoms with E-state index >= 15 is 0 Å². The minimum absolute atomic E-state index is 0.0235. The third-order valence-corrected chi connectivity index (χ3v) is 6.83. The maximum absolute atomic E-state index is 11.9. The van der Waals surface area contributed by atoms with Gasteiger partial charge < -0.3 is 9.32 Å². The van der Waals surface area contributed by atoms with Crippen LogP contribution < -0.4 is 0 Å². The third-order valence-electron chi connectivity index (χ3n) is 4.79. The van der Waals surface area contributed by atoms with Crippen LogP contribution in [0.2, 0.25) is 0 Å².